The molecule has 3 nitrogen and oxygen atoms in total. The maximum absolute atomic E-state index is 11.5. The third kappa shape index (κ3) is 3.25. The van der Waals surface area contributed by atoms with Gasteiger partial charge in [0.15, 0.2) is 0 Å². The molecule has 0 aliphatic rings. The van der Waals surface area contributed by atoms with Crippen molar-refractivity contribution in [1.82, 2.24) is 0 Å². The third-order valence-electron chi connectivity index (χ3n) is 3.16. The van der Waals surface area contributed by atoms with E-state index in [1.807, 2.05) is 42.5 Å². The molecule has 0 radical (unpaired) electrons. The fourth-order valence-electron chi connectivity index (χ4n) is 2.08. The highest BCUT2D eigenvalue weighted by molar-refractivity contribution is 5.88. The smallest absolute Gasteiger partial charge is 0.333 e. The van der Waals surface area contributed by atoms with Crippen LogP contribution in [0.3, 0.4) is 0 Å². The molecule has 0 heterocycles. The summed E-state index contributed by atoms with van der Waals surface area (Å²) >= 11 is 0. The Hall–Kier alpha value is -2.13. The maximum Gasteiger partial charge on any atom is 0.333 e. The van der Waals surface area contributed by atoms with Crippen LogP contribution >= 0.6 is 0 Å². The van der Waals surface area contributed by atoms with E-state index in [-0.39, 0.29) is 12.0 Å². The van der Waals surface area contributed by atoms with Crippen LogP contribution in [0.2, 0.25) is 0 Å². The van der Waals surface area contributed by atoms with Crippen molar-refractivity contribution in [2.45, 2.75) is 19.4 Å². The molecule has 0 saturated heterocycles. The molecule has 0 bridgehead atoms. The van der Waals surface area contributed by atoms with Crippen molar-refractivity contribution in [2.24, 2.45) is 0 Å². The first-order chi connectivity index (χ1) is 9.61. The van der Waals surface area contributed by atoms with E-state index in [1.54, 1.807) is 6.92 Å². The van der Waals surface area contributed by atoms with E-state index < -0.39 is 12.1 Å². The van der Waals surface area contributed by atoms with Crippen molar-refractivity contribution >= 4 is 16.7 Å². The number of carbonyl (C=O) groups is 1. The molecule has 0 aliphatic carbocycles. The molecule has 2 aromatic carbocycles. The number of fused-ring (bicyclic) bond motifs is 1. The minimum Gasteiger partial charge on any atom is -0.463 e. The van der Waals surface area contributed by atoms with Gasteiger partial charge in [-0.15, -0.1) is 0 Å². The molecule has 104 valence electrons. The summed E-state index contributed by atoms with van der Waals surface area (Å²) in [5, 5.41) is 12.4. The van der Waals surface area contributed by atoms with E-state index in [4.69, 9.17) is 4.74 Å². The first-order valence-corrected chi connectivity index (χ1v) is 6.63. The van der Waals surface area contributed by atoms with Crippen molar-refractivity contribution in [1.29, 1.82) is 0 Å². The minimum absolute atomic E-state index is 0.178. The summed E-state index contributed by atoms with van der Waals surface area (Å²) in [6.07, 6.45) is -0.575. The van der Waals surface area contributed by atoms with Gasteiger partial charge in [-0.1, -0.05) is 43.0 Å². The van der Waals surface area contributed by atoms with Gasteiger partial charge < -0.3 is 9.84 Å². The SMILES string of the molecule is C=C(C[C@@H](O)c1ccc2ccccc2c1)C(=O)OCC. The van der Waals surface area contributed by atoms with Crippen LogP contribution in [0.1, 0.15) is 25.0 Å². The molecule has 3 heteroatoms. The lowest BCUT2D eigenvalue weighted by Gasteiger charge is -2.13. The lowest BCUT2D eigenvalue weighted by molar-refractivity contribution is -0.138. The van der Waals surface area contributed by atoms with Gasteiger partial charge in [-0.3, -0.25) is 0 Å². The topological polar surface area (TPSA) is 46.5 Å². The van der Waals surface area contributed by atoms with Crippen LogP contribution in [0.25, 0.3) is 10.8 Å². The maximum atomic E-state index is 11.5. The van der Waals surface area contributed by atoms with Gasteiger partial charge in [0.1, 0.15) is 0 Å². The van der Waals surface area contributed by atoms with E-state index in [2.05, 4.69) is 6.58 Å². The highest BCUT2D eigenvalue weighted by Crippen LogP contribution is 2.24. The predicted molar refractivity (Wildman–Crippen MR) is 79.3 cm³/mol. The molecule has 20 heavy (non-hydrogen) atoms. The van der Waals surface area contributed by atoms with Gasteiger partial charge in [-0.2, -0.15) is 0 Å². The Morgan fingerprint density at radius 1 is 1.25 bits per heavy atom. The molecule has 0 aliphatic heterocycles. The lowest BCUT2D eigenvalue weighted by atomic mass is 9.99. The first-order valence-electron chi connectivity index (χ1n) is 6.63. The predicted octanol–water partition coefficient (Wildman–Crippen LogP) is 3.38. The Bertz CT molecular complexity index is 631. The van der Waals surface area contributed by atoms with Crippen molar-refractivity contribution in [2.75, 3.05) is 6.61 Å². The average Bonchev–Trinajstić information content (AvgIpc) is 2.46. The zero-order chi connectivity index (χ0) is 14.5. The number of hydrogen-bond donors (Lipinski definition) is 1. The van der Waals surface area contributed by atoms with Crippen LogP contribution in [0, 0.1) is 0 Å². The van der Waals surface area contributed by atoms with E-state index in [9.17, 15) is 9.90 Å². The molecule has 1 N–H and O–H groups in total. The van der Waals surface area contributed by atoms with Gasteiger partial charge in [0.2, 0.25) is 0 Å². The first kappa shape index (κ1) is 14.3. The summed E-state index contributed by atoms with van der Waals surface area (Å²) in [5.41, 5.74) is 1.06. The number of aliphatic hydroxyl groups is 1. The Kier molecular flexibility index (Phi) is 4.53. The summed E-state index contributed by atoms with van der Waals surface area (Å²) in [6.45, 7) is 5.72. The summed E-state index contributed by atoms with van der Waals surface area (Å²) in [4.78, 5) is 11.5. The second-order valence-electron chi connectivity index (χ2n) is 4.65. The van der Waals surface area contributed by atoms with Crippen LogP contribution in [-0.4, -0.2) is 17.7 Å². The number of rotatable bonds is 5. The molecule has 0 aromatic heterocycles. The Labute approximate surface area is 118 Å². The normalized spacial score (nSPS) is 12.1. The van der Waals surface area contributed by atoms with Crippen molar-refractivity contribution in [3.63, 3.8) is 0 Å². The van der Waals surface area contributed by atoms with Crippen LogP contribution in [0.4, 0.5) is 0 Å². The standard InChI is InChI=1S/C17H18O3/c1-3-20-17(19)12(2)10-16(18)15-9-8-13-6-4-5-7-14(13)11-15/h4-9,11,16,18H,2-3,10H2,1H3/t16-/m1/s1. The Morgan fingerprint density at radius 3 is 2.65 bits per heavy atom. The number of ether oxygens (including phenoxy) is 1. The second-order valence-corrected chi connectivity index (χ2v) is 4.65. The molecule has 0 fully saturated rings. The number of carbonyl (C=O) groups excluding carboxylic acids is 1. The fourth-order valence-corrected chi connectivity index (χ4v) is 2.08. The summed E-state index contributed by atoms with van der Waals surface area (Å²) in [6, 6.07) is 13.7. The molecule has 0 unspecified atom stereocenters. The highest BCUT2D eigenvalue weighted by atomic mass is 16.5. The third-order valence-corrected chi connectivity index (χ3v) is 3.16. The van der Waals surface area contributed by atoms with Gasteiger partial charge in [-0.25, -0.2) is 4.79 Å². The summed E-state index contributed by atoms with van der Waals surface area (Å²) < 4.78 is 4.86. The zero-order valence-corrected chi connectivity index (χ0v) is 11.5. The summed E-state index contributed by atoms with van der Waals surface area (Å²) in [7, 11) is 0. The van der Waals surface area contributed by atoms with Gasteiger partial charge in [0, 0.05) is 12.0 Å². The zero-order valence-electron chi connectivity index (χ0n) is 11.5. The van der Waals surface area contributed by atoms with Crippen molar-refractivity contribution < 1.29 is 14.6 Å². The minimum atomic E-state index is -0.753. The van der Waals surface area contributed by atoms with E-state index in [0.29, 0.717) is 6.61 Å². The number of esters is 1. The van der Waals surface area contributed by atoms with Gasteiger partial charge in [0.05, 0.1) is 12.7 Å². The Balaban J connectivity index is 2.13. The second kappa shape index (κ2) is 6.35. The molecule has 0 amide bonds. The quantitative estimate of drug-likeness (QED) is 0.669. The molecule has 2 aromatic rings. The van der Waals surface area contributed by atoms with Crippen molar-refractivity contribution in [3.05, 3.63) is 60.2 Å². The summed E-state index contributed by atoms with van der Waals surface area (Å²) in [5.74, 6) is -0.452. The number of hydrogen-bond acceptors (Lipinski definition) is 3. The monoisotopic (exact) mass is 270 g/mol. The van der Waals surface area contributed by atoms with Gasteiger partial charge in [0.25, 0.3) is 0 Å². The van der Waals surface area contributed by atoms with Gasteiger partial charge >= 0.3 is 5.97 Å². The highest BCUT2D eigenvalue weighted by Gasteiger charge is 2.15. The van der Waals surface area contributed by atoms with E-state index >= 15 is 0 Å². The molecule has 0 spiro atoms. The average molecular weight is 270 g/mol. The van der Waals surface area contributed by atoms with E-state index in [0.717, 1.165) is 16.3 Å². The van der Waals surface area contributed by atoms with Crippen molar-refractivity contribution in [3.8, 4) is 0 Å². The van der Waals surface area contributed by atoms with Crippen LogP contribution in [0.5, 0.6) is 0 Å². The molecular weight excluding hydrogens is 252 g/mol. The number of benzene rings is 2. The molecular formula is C17H18O3. The molecule has 2 rings (SSSR count). The van der Waals surface area contributed by atoms with Crippen LogP contribution in [-0.2, 0) is 9.53 Å². The van der Waals surface area contributed by atoms with Gasteiger partial charge in [-0.05, 0) is 29.3 Å². The molecule has 0 saturated carbocycles. The van der Waals surface area contributed by atoms with Crippen LogP contribution in [0.15, 0.2) is 54.6 Å². The Morgan fingerprint density at radius 2 is 1.95 bits per heavy atom. The number of aliphatic hydroxyl groups excluding tert-OH is 1. The molecule has 1 atom stereocenters. The van der Waals surface area contributed by atoms with Crippen LogP contribution < -0.4 is 0 Å². The van der Waals surface area contributed by atoms with E-state index in [1.165, 1.54) is 0 Å². The lowest BCUT2D eigenvalue weighted by Crippen LogP contribution is -2.10. The largest absolute Gasteiger partial charge is 0.463 e. The fraction of sp³-hybridized carbons (Fsp3) is 0.235.